The van der Waals surface area contributed by atoms with E-state index in [1.807, 2.05) is 19.2 Å². The first-order valence-electron chi connectivity index (χ1n) is 10.4. The predicted octanol–water partition coefficient (Wildman–Crippen LogP) is 3.56. The molecular weight excluding hydrogens is 532 g/mol. The van der Waals surface area contributed by atoms with E-state index in [1.165, 1.54) is 50.1 Å². The van der Waals surface area contributed by atoms with Crippen LogP contribution in [0.15, 0.2) is 35.5 Å². The van der Waals surface area contributed by atoms with Crippen molar-refractivity contribution >= 4 is 39.8 Å². The molecule has 1 aromatic heterocycles. The largest absolute Gasteiger partial charge is 0.357 e. The van der Waals surface area contributed by atoms with Gasteiger partial charge in [-0.25, -0.2) is 17.8 Å². The van der Waals surface area contributed by atoms with Crippen molar-refractivity contribution in [2.45, 2.75) is 57.5 Å². The molecule has 172 valence electrons. The molecule has 0 bridgehead atoms. The minimum absolute atomic E-state index is 0. The number of hydrogen-bond donors (Lipinski definition) is 2. The predicted molar refractivity (Wildman–Crippen MR) is 132 cm³/mol. The number of aliphatic imine (C=N–C) groups is 1. The summed E-state index contributed by atoms with van der Waals surface area (Å²) < 4.78 is 39.1. The summed E-state index contributed by atoms with van der Waals surface area (Å²) in [6, 6.07) is 6.64. The molecule has 0 aliphatic heterocycles. The van der Waals surface area contributed by atoms with Crippen LogP contribution in [-0.4, -0.2) is 37.0 Å². The van der Waals surface area contributed by atoms with E-state index < -0.39 is 15.7 Å². The summed E-state index contributed by atoms with van der Waals surface area (Å²) in [5, 5.41) is 11.1. The summed E-state index contributed by atoms with van der Waals surface area (Å²) in [5.41, 5.74) is 2.05. The summed E-state index contributed by atoms with van der Waals surface area (Å²) in [4.78, 5) is 4.51. The van der Waals surface area contributed by atoms with Gasteiger partial charge in [0.05, 0.1) is 30.6 Å². The Balaban J connectivity index is 0.00000341. The topological polar surface area (TPSA) is 88.4 Å². The van der Waals surface area contributed by atoms with Gasteiger partial charge in [-0.3, -0.25) is 4.68 Å². The van der Waals surface area contributed by atoms with Crippen molar-refractivity contribution in [1.29, 1.82) is 0 Å². The van der Waals surface area contributed by atoms with E-state index in [2.05, 4.69) is 25.4 Å². The highest BCUT2D eigenvalue weighted by Gasteiger charge is 2.17. The van der Waals surface area contributed by atoms with E-state index in [4.69, 9.17) is 0 Å². The quantitative estimate of drug-likeness (QED) is 0.292. The van der Waals surface area contributed by atoms with E-state index in [0.29, 0.717) is 36.2 Å². The average molecular weight is 563 g/mol. The van der Waals surface area contributed by atoms with Gasteiger partial charge >= 0.3 is 0 Å². The molecule has 2 aromatic rings. The Hall–Kier alpha value is -1.69. The number of rotatable bonds is 8. The van der Waals surface area contributed by atoms with Crippen LogP contribution < -0.4 is 10.6 Å². The molecule has 0 atom stereocenters. The summed E-state index contributed by atoms with van der Waals surface area (Å²) in [7, 11) is -3.23. The van der Waals surface area contributed by atoms with Gasteiger partial charge in [-0.15, -0.1) is 24.0 Å². The maximum atomic E-state index is 13.7. The summed E-state index contributed by atoms with van der Waals surface area (Å²) in [6.07, 6.45) is 8.08. The van der Waals surface area contributed by atoms with Gasteiger partial charge in [0.15, 0.2) is 15.8 Å². The van der Waals surface area contributed by atoms with E-state index >= 15 is 0 Å². The number of aromatic nitrogens is 2. The SMILES string of the molecule is CCNC(=NCc1cc(F)ccc1CS(C)(=O)=O)NCc1ccn(C2CCCC2)n1.I. The zero-order chi connectivity index (χ0) is 21.6. The molecule has 0 spiro atoms. The van der Waals surface area contributed by atoms with Gasteiger partial charge in [0.1, 0.15) is 5.82 Å². The van der Waals surface area contributed by atoms with Gasteiger partial charge in [0.25, 0.3) is 0 Å². The molecule has 10 heteroatoms. The number of nitrogens with zero attached hydrogens (tertiary/aromatic N) is 3. The van der Waals surface area contributed by atoms with Crippen molar-refractivity contribution in [3.05, 3.63) is 53.1 Å². The van der Waals surface area contributed by atoms with Gasteiger partial charge in [0, 0.05) is 19.0 Å². The molecule has 31 heavy (non-hydrogen) atoms. The highest BCUT2D eigenvalue weighted by molar-refractivity contribution is 14.0. The van der Waals surface area contributed by atoms with Gasteiger partial charge in [-0.2, -0.15) is 5.10 Å². The zero-order valence-corrected chi connectivity index (χ0v) is 21.1. The first-order chi connectivity index (χ1) is 14.3. The Morgan fingerprint density at radius 2 is 1.97 bits per heavy atom. The van der Waals surface area contributed by atoms with Crippen molar-refractivity contribution < 1.29 is 12.8 Å². The molecule has 1 saturated carbocycles. The normalized spacial score (nSPS) is 15.0. The first-order valence-corrected chi connectivity index (χ1v) is 12.4. The van der Waals surface area contributed by atoms with Gasteiger partial charge in [0.2, 0.25) is 0 Å². The van der Waals surface area contributed by atoms with E-state index in [9.17, 15) is 12.8 Å². The molecule has 1 aliphatic carbocycles. The van der Waals surface area contributed by atoms with Gasteiger partial charge < -0.3 is 10.6 Å². The standard InChI is InChI=1S/C21H30FN5O2S.HI/c1-3-23-21(25-14-19-10-11-27(26-19)20-6-4-5-7-20)24-13-17-12-18(22)9-8-16(17)15-30(2,28)29;/h8-12,20H,3-7,13-15H2,1-2H3,(H2,23,24,25);1H. The van der Waals surface area contributed by atoms with Crippen LogP contribution in [-0.2, 0) is 28.7 Å². The van der Waals surface area contributed by atoms with Gasteiger partial charge in [-0.05, 0) is 49.1 Å². The minimum atomic E-state index is -3.23. The minimum Gasteiger partial charge on any atom is -0.357 e. The van der Waals surface area contributed by atoms with Crippen LogP contribution >= 0.6 is 24.0 Å². The molecule has 0 unspecified atom stereocenters. The Kier molecular flexibility index (Phi) is 9.73. The van der Waals surface area contributed by atoms with Crippen molar-refractivity contribution in [3.8, 4) is 0 Å². The van der Waals surface area contributed by atoms with Crippen LogP contribution in [0, 0.1) is 5.82 Å². The Morgan fingerprint density at radius 1 is 1.23 bits per heavy atom. The second-order valence-electron chi connectivity index (χ2n) is 7.76. The number of benzene rings is 1. The number of guanidine groups is 1. The van der Waals surface area contributed by atoms with Crippen LogP contribution in [0.2, 0.25) is 0 Å². The van der Waals surface area contributed by atoms with Crippen molar-refractivity contribution in [2.75, 3.05) is 12.8 Å². The number of sulfone groups is 1. The average Bonchev–Trinajstić information content (AvgIpc) is 3.36. The molecule has 1 aliphatic rings. The summed E-state index contributed by atoms with van der Waals surface area (Å²) >= 11 is 0. The lowest BCUT2D eigenvalue weighted by Gasteiger charge is -2.12. The summed E-state index contributed by atoms with van der Waals surface area (Å²) in [5.74, 6) is 0.0242. The molecule has 3 rings (SSSR count). The third-order valence-electron chi connectivity index (χ3n) is 5.14. The second kappa shape index (κ2) is 11.8. The smallest absolute Gasteiger partial charge is 0.191 e. The fourth-order valence-electron chi connectivity index (χ4n) is 3.69. The van der Waals surface area contributed by atoms with Crippen molar-refractivity contribution in [1.82, 2.24) is 20.4 Å². The van der Waals surface area contributed by atoms with Crippen LogP contribution in [0.1, 0.15) is 55.5 Å². The zero-order valence-electron chi connectivity index (χ0n) is 18.0. The third-order valence-corrected chi connectivity index (χ3v) is 5.97. The number of hydrogen-bond acceptors (Lipinski definition) is 4. The van der Waals surface area contributed by atoms with E-state index in [0.717, 1.165) is 5.69 Å². The monoisotopic (exact) mass is 563 g/mol. The molecule has 1 aromatic carbocycles. The second-order valence-corrected chi connectivity index (χ2v) is 9.90. The molecule has 1 heterocycles. The first kappa shape index (κ1) is 25.6. The molecule has 1 fully saturated rings. The summed E-state index contributed by atoms with van der Waals surface area (Å²) in [6.45, 7) is 3.32. The lowest BCUT2D eigenvalue weighted by atomic mass is 10.1. The fraction of sp³-hybridized carbons (Fsp3) is 0.524. The van der Waals surface area contributed by atoms with Crippen LogP contribution in [0.5, 0.6) is 0 Å². The Morgan fingerprint density at radius 3 is 2.65 bits per heavy atom. The fourth-order valence-corrected chi connectivity index (χ4v) is 4.54. The number of nitrogens with one attached hydrogen (secondary N) is 2. The third kappa shape index (κ3) is 8.06. The van der Waals surface area contributed by atoms with Crippen molar-refractivity contribution in [3.63, 3.8) is 0 Å². The number of halogens is 2. The van der Waals surface area contributed by atoms with Crippen molar-refractivity contribution in [2.24, 2.45) is 4.99 Å². The van der Waals surface area contributed by atoms with Crippen LogP contribution in [0.4, 0.5) is 4.39 Å². The maximum Gasteiger partial charge on any atom is 0.191 e. The lowest BCUT2D eigenvalue weighted by molar-refractivity contribution is 0.462. The van der Waals surface area contributed by atoms with Crippen LogP contribution in [0.25, 0.3) is 0 Å². The maximum absolute atomic E-state index is 13.7. The van der Waals surface area contributed by atoms with E-state index in [1.54, 1.807) is 0 Å². The highest BCUT2D eigenvalue weighted by Crippen LogP contribution is 2.28. The molecule has 2 N–H and O–H groups in total. The molecular formula is C21H31FIN5O2S. The molecule has 0 saturated heterocycles. The van der Waals surface area contributed by atoms with E-state index in [-0.39, 0.29) is 36.3 Å². The molecule has 0 amide bonds. The van der Waals surface area contributed by atoms with Crippen LogP contribution in [0.3, 0.4) is 0 Å². The van der Waals surface area contributed by atoms with Gasteiger partial charge in [-0.1, -0.05) is 18.9 Å². The Bertz CT molecular complexity index is 987. The molecule has 0 radical (unpaired) electrons. The highest BCUT2D eigenvalue weighted by atomic mass is 127. The lowest BCUT2D eigenvalue weighted by Crippen LogP contribution is -2.37. The molecule has 7 nitrogen and oxygen atoms in total. The Labute approximate surface area is 200 Å².